The smallest absolute Gasteiger partial charge is 0.416 e. The second-order valence-electron chi connectivity index (χ2n) is 10.3. The van der Waals surface area contributed by atoms with Gasteiger partial charge in [0.25, 0.3) is 0 Å². The minimum Gasteiger partial charge on any atom is -0.439 e. The third-order valence-corrected chi connectivity index (χ3v) is 8.79. The van der Waals surface area contributed by atoms with Crippen LogP contribution in [0.2, 0.25) is 0 Å². The highest BCUT2D eigenvalue weighted by molar-refractivity contribution is 7.99. The van der Waals surface area contributed by atoms with E-state index in [1.807, 2.05) is 17.7 Å². The quantitative estimate of drug-likeness (QED) is 0.109. The van der Waals surface area contributed by atoms with Crippen molar-refractivity contribution in [2.24, 2.45) is 12.5 Å². The number of halogens is 3. The summed E-state index contributed by atoms with van der Waals surface area (Å²) in [5.41, 5.74) is 1.53. The number of rotatable bonds is 11. The number of alkyl halides is 3. The van der Waals surface area contributed by atoms with Crippen molar-refractivity contribution < 1.29 is 17.9 Å². The molecular weight excluding hydrogens is 535 g/mol. The van der Waals surface area contributed by atoms with Crippen LogP contribution in [0.15, 0.2) is 84.9 Å². The molecule has 1 aromatic carbocycles. The van der Waals surface area contributed by atoms with E-state index in [4.69, 9.17) is 4.74 Å². The SMILES string of the molecule is C=C/C=C(\C=C)Oc1ccc(-c2nnc(SCCCN3CCC4(CC4c4ccc(C(F)(F)F)cc4)C3)n2C)cn1. The van der Waals surface area contributed by atoms with Crippen molar-refractivity contribution in [2.45, 2.75) is 36.5 Å². The number of benzene rings is 1. The fourth-order valence-electron chi connectivity index (χ4n) is 5.45. The Hall–Kier alpha value is -3.37. The van der Waals surface area contributed by atoms with Gasteiger partial charge in [-0.3, -0.25) is 0 Å². The highest BCUT2D eigenvalue weighted by Crippen LogP contribution is 2.64. The molecule has 1 saturated heterocycles. The number of likely N-dealkylation sites (tertiary alicyclic amines) is 1. The fourth-order valence-corrected chi connectivity index (χ4v) is 6.28. The average molecular weight is 568 g/mol. The van der Waals surface area contributed by atoms with Gasteiger partial charge in [-0.25, -0.2) is 4.98 Å². The van der Waals surface area contributed by atoms with E-state index in [-0.39, 0.29) is 5.41 Å². The molecule has 0 amide bonds. The molecule has 1 aliphatic carbocycles. The van der Waals surface area contributed by atoms with Crippen molar-refractivity contribution in [3.05, 3.63) is 90.9 Å². The summed E-state index contributed by atoms with van der Waals surface area (Å²) in [5.74, 6) is 3.04. The lowest BCUT2D eigenvalue weighted by molar-refractivity contribution is -0.137. The topological polar surface area (TPSA) is 56.1 Å². The largest absolute Gasteiger partial charge is 0.439 e. The number of ether oxygens (including phenoxy) is 1. The van der Waals surface area contributed by atoms with Crippen LogP contribution in [0.3, 0.4) is 0 Å². The van der Waals surface area contributed by atoms with Crippen LogP contribution in [0.1, 0.15) is 36.3 Å². The van der Waals surface area contributed by atoms with Crippen molar-refractivity contribution in [1.82, 2.24) is 24.6 Å². The number of hydrogen-bond donors (Lipinski definition) is 0. The predicted molar refractivity (Wildman–Crippen MR) is 151 cm³/mol. The zero-order valence-electron chi connectivity index (χ0n) is 22.4. The number of thioether (sulfide) groups is 1. The summed E-state index contributed by atoms with van der Waals surface area (Å²) in [5, 5.41) is 9.57. The molecule has 2 aliphatic rings. The van der Waals surface area contributed by atoms with Gasteiger partial charge in [0, 0.05) is 37.2 Å². The average Bonchev–Trinajstić information content (AvgIpc) is 3.29. The highest BCUT2D eigenvalue weighted by Gasteiger charge is 2.57. The van der Waals surface area contributed by atoms with Gasteiger partial charge >= 0.3 is 6.18 Å². The molecule has 1 spiro atoms. The van der Waals surface area contributed by atoms with Crippen molar-refractivity contribution in [1.29, 1.82) is 0 Å². The molecular formula is C30H32F3N5OS. The summed E-state index contributed by atoms with van der Waals surface area (Å²) >= 11 is 1.68. The van der Waals surface area contributed by atoms with Gasteiger partial charge < -0.3 is 14.2 Å². The van der Waals surface area contributed by atoms with Gasteiger partial charge in [-0.1, -0.05) is 43.1 Å². The Kier molecular flexibility index (Phi) is 8.19. The minimum atomic E-state index is -4.29. The molecule has 1 saturated carbocycles. The van der Waals surface area contributed by atoms with Gasteiger partial charge in [0.2, 0.25) is 5.88 Å². The Balaban J connectivity index is 1.08. The third-order valence-electron chi connectivity index (χ3n) is 7.68. The predicted octanol–water partition coefficient (Wildman–Crippen LogP) is 6.89. The summed E-state index contributed by atoms with van der Waals surface area (Å²) in [7, 11) is 1.95. The number of hydrogen-bond acceptors (Lipinski definition) is 6. The maximum atomic E-state index is 12.9. The van der Waals surface area contributed by atoms with E-state index in [1.54, 1.807) is 54.4 Å². The first-order chi connectivity index (χ1) is 19.2. The molecule has 3 aromatic rings. The van der Waals surface area contributed by atoms with E-state index in [0.717, 1.165) is 66.8 Å². The van der Waals surface area contributed by atoms with E-state index in [1.165, 1.54) is 12.1 Å². The molecule has 2 unspecified atom stereocenters. The normalized spacial score (nSPS) is 21.1. The lowest BCUT2D eigenvalue weighted by Gasteiger charge is -2.16. The molecule has 2 fully saturated rings. The summed E-state index contributed by atoms with van der Waals surface area (Å²) in [6.45, 7) is 10.4. The van der Waals surface area contributed by atoms with Crippen molar-refractivity contribution >= 4 is 11.8 Å². The summed E-state index contributed by atoms with van der Waals surface area (Å²) in [6, 6.07) is 9.43. The Labute approximate surface area is 236 Å². The van der Waals surface area contributed by atoms with Crippen molar-refractivity contribution in [3.63, 3.8) is 0 Å². The van der Waals surface area contributed by atoms with E-state index in [2.05, 4.69) is 33.2 Å². The van der Waals surface area contributed by atoms with Gasteiger partial charge in [-0.15, -0.1) is 10.2 Å². The summed E-state index contributed by atoms with van der Waals surface area (Å²) in [4.78, 5) is 6.86. The third kappa shape index (κ3) is 6.18. The molecule has 5 rings (SSSR count). The van der Waals surface area contributed by atoms with E-state index >= 15 is 0 Å². The standard InChI is InChI=1S/C30H32F3N5OS/c1-4-7-24(5-2)39-26-13-10-22(19-34-26)27-35-36-28(37(27)3)40-17-6-15-38-16-14-29(20-38)18-25(29)21-8-11-23(12-9-21)30(31,32)33/h4-5,7-13,19,25H,1-2,6,14-18,20H2,3H3/b24-7+. The van der Waals surface area contributed by atoms with Crippen LogP contribution >= 0.6 is 11.8 Å². The molecule has 210 valence electrons. The number of allylic oxidation sites excluding steroid dienone is 3. The lowest BCUT2D eigenvalue weighted by atomic mass is 9.97. The van der Waals surface area contributed by atoms with E-state index < -0.39 is 11.7 Å². The van der Waals surface area contributed by atoms with Crippen LogP contribution in [0.5, 0.6) is 5.88 Å². The molecule has 6 nitrogen and oxygen atoms in total. The molecule has 0 bridgehead atoms. The molecule has 0 radical (unpaired) electrons. The van der Waals surface area contributed by atoms with Crippen molar-refractivity contribution in [2.75, 3.05) is 25.4 Å². The maximum absolute atomic E-state index is 12.9. The second kappa shape index (κ2) is 11.6. The number of pyridine rings is 1. The molecule has 1 aliphatic heterocycles. The number of nitrogens with zero attached hydrogens (tertiary/aromatic N) is 5. The van der Waals surface area contributed by atoms with Crippen LogP contribution in [0, 0.1) is 5.41 Å². The van der Waals surface area contributed by atoms with Crippen LogP contribution < -0.4 is 4.74 Å². The Bertz CT molecular complexity index is 1380. The minimum absolute atomic E-state index is 0.231. The molecule has 2 atom stereocenters. The first-order valence-electron chi connectivity index (χ1n) is 13.2. The van der Waals surface area contributed by atoms with Crippen LogP contribution in [-0.2, 0) is 13.2 Å². The van der Waals surface area contributed by atoms with Gasteiger partial charge in [0.15, 0.2) is 11.0 Å². The molecule has 40 heavy (non-hydrogen) atoms. The second-order valence-corrected chi connectivity index (χ2v) is 11.4. The monoisotopic (exact) mass is 567 g/mol. The van der Waals surface area contributed by atoms with Crippen LogP contribution in [0.4, 0.5) is 13.2 Å². The zero-order valence-corrected chi connectivity index (χ0v) is 23.2. The van der Waals surface area contributed by atoms with Crippen LogP contribution in [-0.4, -0.2) is 50.0 Å². The molecule has 10 heteroatoms. The maximum Gasteiger partial charge on any atom is 0.416 e. The fraction of sp³-hybridized carbons (Fsp3) is 0.367. The Morgan fingerprint density at radius 1 is 1.18 bits per heavy atom. The zero-order chi connectivity index (χ0) is 28.3. The molecule has 0 N–H and O–H groups in total. The summed E-state index contributed by atoms with van der Waals surface area (Å²) < 4.78 is 46.3. The summed E-state index contributed by atoms with van der Waals surface area (Å²) in [6.07, 6.45) is 5.55. The molecule has 3 heterocycles. The highest BCUT2D eigenvalue weighted by atomic mass is 32.2. The van der Waals surface area contributed by atoms with E-state index in [9.17, 15) is 13.2 Å². The van der Waals surface area contributed by atoms with Gasteiger partial charge in [0.05, 0.1) is 5.56 Å². The van der Waals surface area contributed by atoms with Gasteiger partial charge in [-0.2, -0.15) is 13.2 Å². The lowest BCUT2D eigenvalue weighted by Crippen LogP contribution is -2.23. The first kappa shape index (κ1) is 28.2. The Morgan fingerprint density at radius 2 is 1.98 bits per heavy atom. The molecule has 2 aromatic heterocycles. The first-order valence-corrected chi connectivity index (χ1v) is 14.2. The van der Waals surface area contributed by atoms with Crippen molar-refractivity contribution in [3.8, 4) is 17.3 Å². The van der Waals surface area contributed by atoms with E-state index in [0.29, 0.717) is 17.6 Å². The van der Waals surface area contributed by atoms with Gasteiger partial charge in [0.1, 0.15) is 5.76 Å². The number of aromatic nitrogens is 4. The van der Waals surface area contributed by atoms with Gasteiger partial charge in [-0.05, 0) is 79.6 Å². The Morgan fingerprint density at radius 3 is 2.65 bits per heavy atom. The van der Waals surface area contributed by atoms with Crippen LogP contribution in [0.25, 0.3) is 11.4 Å².